The van der Waals surface area contributed by atoms with Gasteiger partial charge in [-0.15, -0.1) is 11.6 Å². The van der Waals surface area contributed by atoms with Crippen molar-refractivity contribution in [2.24, 2.45) is 5.92 Å². The van der Waals surface area contributed by atoms with Crippen LogP contribution in [0.3, 0.4) is 0 Å². The van der Waals surface area contributed by atoms with Crippen molar-refractivity contribution in [1.29, 1.82) is 0 Å². The minimum Gasteiger partial charge on any atom is -0.228 e. The van der Waals surface area contributed by atoms with E-state index in [-0.39, 0.29) is 11.7 Å². The fourth-order valence-electron chi connectivity index (χ4n) is 1.84. The van der Waals surface area contributed by atoms with E-state index < -0.39 is 14.6 Å². The average Bonchev–Trinajstić information content (AvgIpc) is 2.35. The number of alkyl halides is 1. The average molecular weight is 337 g/mol. The van der Waals surface area contributed by atoms with Crippen molar-refractivity contribution < 1.29 is 8.42 Å². The summed E-state index contributed by atoms with van der Waals surface area (Å²) in [5.41, 5.74) is 1.02. The Labute approximate surface area is 132 Å². The zero-order valence-electron chi connectivity index (χ0n) is 12.2. The fraction of sp³-hybridized carbons (Fsp3) is 0.600. The van der Waals surface area contributed by atoms with E-state index >= 15 is 0 Å². The van der Waals surface area contributed by atoms with Gasteiger partial charge in [0.1, 0.15) is 0 Å². The second kappa shape index (κ2) is 7.15. The molecule has 0 bridgehead atoms. The maximum absolute atomic E-state index is 12.1. The lowest BCUT2D eigenvalue weighted by Gasteiger charge is -2.21. The molecular formula is C15H22Cl2O2S. The molecule has 0 amide bonds. The Morgan fingerprint density at radius 1 is 1.20 bits per heavy atom. The van der Waals surface area contributed by atoms with Crippen molar-refractivity contribution in [2.45, 2.75) is 38.4 Å². The van der Waals surface area contributed by atoms with Crippen LogP contribution in [-0.4, -0.2) is 24.8 Å². The van der Waals surface area contributed by atoms with Crippen LogP contribution in [0.4, 0.5) is 0 Å². The van der Waals surface area contributed by atoms with Crippen LogP contribution in [0.15, 0.2) is 24.3 Å². The molecule has 0 radical (unpaired) electrons. The highest BCUT2D eigenvalue weighted by atomic mass is 35.5. The summed E-state index contributed by atoms with van der Waals surface area (Å²) in [6, 6.07) is 7.61. The van der Waals surface area contributed by atoms with E-state index in [4.69, 9.17) is 23.2 Å². The molecule has 0 saturated heterocycles. The van der Waals surface area contributed by atoms with Crippen molar-refractivity contribution >= 4 is 33.0 Å². The summed E-state index contributed by atoms with van der Waals surface area (Å²) in [7, 11) is -3.10. The van der Waals surface area contributed by atoms with E-state index in [0.29, 0.717) is 23.7 Å². The first-order chi connectivity index (χ1) is 9.17. The third-order valence-electron chi connectivity index (χ3n) is 3.41. The highest BCUT2D eigenvalue weighted by Gasteiger charge is 2.29. The number of sulfone groups is 1. The van der Waals surface area contributed by atoms with Crippen LogP contribution < -0.4 is 0 Å². The number of hydrogen-bond donors (Lipinski definition) is 0. The molecule has 2 nitrogen and oxygen atoms in total. The standard InChI is InChI=1S/C15H22Cl2O2S/c1-15(2,3)20(18,19)9-8-12(11-16)10-13-6-4-5-7-14(13)17/h4-7,12H,8-11H2,1-3H3. The molecule has 0 aliphatic heterocycles. The largest absolute Gasteiger partial charge is 0.228 e. The third kappa shape index (κ3) is 4.94. The van der Waals surface area contributed by atoms with Gasteiger partial charge in [0.15, 0.2) is 9.84 Å². The van der Waals surface area contributed by atoms with Gasteiger partial charge in [-0.2, -0.15) is 0 Å². The molecule has 0 aromatic heterocycles. The summed E-state index contributed by atoms with van der Waals surface area (Å²) < 4.78 is 23.5. The van der Waals surface area contributed by atoms with Gasteiger partial charge < -0.3 is 0 Å². The predicted octanol–water partition coefficient (Wildman–Crippen LogP) is 4.34. The molecule has 20 heavy (non-hydrogen) atoms. The van der Waals surface area contributed by atoms with Gasteiger partial charge in [-0.05, 0) is 51.2 Å². The van der Waals surface area contributed by atoms with E-state index in [0.717, 1.165) is 5.56 Å². The monoisotopic (exact) mass is 336 g/mol. The van der Waals surface area contributed by atoms with Gasteiger partial charge >= 0.3 is 0 Å². The molecule has 0 fully saturated rings. The van der Waals surface area contributed by atoms with Crippen LogP contribution in [0.25, 0.3) is 0 Å². The Bertz CT molecular complexity index is 533. The van der Waals surface area contributed by atoms with E-state index in [1.165, 1.54) is 0 Å². The van der Waals surface area contributed by atoms with Crippen LogP contribution >= 0.6 is 23.2 Å². The Balaban J connectivity index is 2.68. The third-order valence-corrected chi connectivity index (χ3v) is 6.86. The summed E-state index contributed by atoms with van der Waals surface area (Å²) in [5.74, 6) is 0.720. The SMILES string of the molecule is CC(C)(C)S(=O)(=O)CCC(CCl)Cc1ccccc1Cl. The zero-order chi connectivity index (χ0) is 15.4. The highest BCUT2D eigenvalue weighted by Crippen LogP contribution is 2.24. The molecule has 1 rings (SSSR count). The van der Waals surface area contributed by atoms with E-state index in [1.54, 1.807) is 20.8 Å². The molecule has 5 heteroatoms. The molecule has 1 atom stereocenters. The van der Waals surface area contributed by atoms with Crippen LogP contribution in [0.1, 0.15) is 32.8 Å². The molecule has 1 unspecified atom stereocenters. The van der Waals surface area contributed by atoms with Gasteiger partial charge in [-0.25, -0.2) is 8.42 Å². The van der Waals surface area contributed by atoms with Gasteiger partial charge in [0, 0.05) is 10.9 Å². The summed E-state index contributed by atoms with van der Waals surface area (Å²) in [5, 5.41) is 0.710. The number of halogens is 2. The molecule has 114 valence electrons. The van der Waals surface area contributed by atoms with Crippen molar-refractivity contribution in [3.05, 3.63) is 34.9 Å². The quantitative estimate of drug-likeness (QED) is 0.724. The lowest BCUT2D eigenvalue weighted by atomic mass is 9.99. The second-order valence-corrected chi connectivity index (χ2v) is 9.61. The predicted molar refractivity (Wildman–Crippen MR) is 87.5 cm³/mol. The van der Waals surface area contributed by atoms with E-state index in [9.17, 15) is 8.42 Å². The Morgan fingerprint density at radius 3 is 2.30 bits per heavy atom. The first-order valence-corrected chi connectivity index (χ1v) is 9.25. The molecule has 1 aromatic rings. The number of hydrogen-bond acceptors (Lipinski definition) is 2. The minimum atomic E-state index is -3.10. The zero-order valence-corrected chi connectivity index (χ0v) is 14.5. The highest BCUT2D eigenvalue weighted by molar-refractivity contribution is 7.92. The van der Waals surface area contributed by atoms with E-state index in [1.807, 2.05) is 24.3 Å². The minimum absolute atomic E-state index is 0.119. The van der Waals surface area contributed by atoms with Crippen LogP contribution in [-0.2, 0) is 16.3 Å². The van der Waals surface area contributed by atoms with Gasteiger partial charge in [0.25, 0.3) is 0 Å². The molecule has 1 aromatic carbocycles. The Hall–Kier alpha value is -0.250. The van der Waals surface area contributed by atoms with Gasteiger partial charge in [0.05, 0.1) is 10.5 Å². The molecule has 0 spiro atoms. The lowest BCUT2D eigenvalue weighted by molar-refractivity contribution is 0.530. The van der Waals surface area contributed by atoms with Crippen LogP contribution in [0, 0.1) is 5.92 Å². The van der Waals surface area contributed by atoms with Gasteiger partial charge in [-0.3, -0.25) is 0 Å². The summed E-state index contributed by atoms with van der Waals surface area (Å²) in [6.45, 7) is 5.18. The first-order valence-electron chi connectivity index (χ1n) is 6.69. The maximum atomic E-state index is 12.1. The maximum Gasteiger partial charge on any atom is 0.155 e. The van der Waals surface area contributed by atoms with Crippen molar-refractivity contribution in [3.63, 3.8) is 0 Å². The van der Waals surface area contributed by atoms with Gasteiger partial charge in [0.2, 0.25) is 0 Å². The molecule has 0 saturated carbocycles. The number of benzene rings is 1. The lowest BCUT2D eigenvalue weighted by Crippen LogP contribution is -2.31. The fourth-order valence-corrected chi connectivity index (χ4v) is 3.57. The van der Waals surface area contributed by atoms with Crippen LogP contribution in [0.2, 0.25) is 5.02 Å². The molecule has 0 N–H and O–H groups in total. The van der Waals surface area contributed by atoms with Gasteiger partial charge in [-0.1, -0.05) is 29.8 Å². The summed E-state index contributed by atoms with van der Waals surface area (Å²) in [6.07, 6.45) is 1.27. The molecule has 0 aliphatic rings. The van der Waals surface area contributed by atoms with Crippen LogP contribution in [0.5, 0.6) is 0 Å². The molecule has 0 aliphatic carbocycles. The van der Waals surface area contributed by atoms with Crippen molar-refractivity contribution in [1.82, 2.24) is 0 Å². The molecule has 0 heterocycles. The van der Waals surface area contributed by atoms with Crippen molar-refractivity contribution in [2.75, 3.05) is 11.6 Å². The second-order valence-electron chi connectivity index (χ2n) is 6.04. The Morgan fingerprint density at radius 2 is 1.80 bits per heavy atom. The smallest absolute Gasteiger partial charge is 0.155 e. The normalized spacial score (nSPS) is 14.2. The summed E-state index contributed by atoms with van der Waals surface area (Å²) in [4.78, 5) is 0. The first kappa shape index (κ1) is 17.8. The number of rotatable bonds is 6. The van der Waals surface area contributed by atoms with Crippen molar-refractivity contribution in [3.8, 4) is 0 Å². The topological polar surface area (TPSA) is 34.1 Å². The summed E-state index contributed by atoms with van der Waals surface area (Å²) >= 11 is 12.1. The van der Waals surface area contributed by atoms with E-state index in [2.05, 4.69) is 0 Å². The molecular weight excluding hydrogens is 315 g/mol. The Kier molecular flexibility index (Phi) is 6.36.